The molecule has 0 saturated carbocycles. The van der Waals surface area contributed by atoms with E-state index in [1.54, 1.807) is 35.7 Å². The molecule has 0 unspecified atom stereocenters. The maximum Gasteiger partial charge on any atom is 0 e. The molecule has 0 spiro atoms. The number of aromatic nitrogens is 2. The Bertz CT molecular complexity index is 1870. The Morgan fingerprint density at radius 1 is 0.927 bits per heavy atom. The summed E-state index contributed by atoms with van der Waals surface area (Å²) in [5.41, 5.74) is 4.57. The summed E-state index contributed by atoms with van der Waals surface area (Å²) >= 11 is -0.278. The van der Waals surface area contributed by atoms with Crippen molar-refractivity contribution in [1.82, 2.24) is 9.97 Å². The molecule has 0 atom stereocenters. The minimum absolute atomic E-state index is 0. The van der Waals surface area contributed by atoms with Crippen LogP contribution in [0.1, 0.15) is 36.4 Å². The van der Waals surface area contributed by atoms with Crippen molar-refractivity contribution in [2.75, 3.05) is 0 Å². The Kier molecular flexibility index (Phi) is 8.29. The van der Waals surface area contributed by atoms with Crippen LogP contribution in [-0.2, 0) is 20.1 Å². The molecule has 3 heterocycles. The summed E-state index contributed by atoms with van der Waals surface area (Å²) in [6.07, 6.45) is 3.68. The van der Waals surface area contributed by atoms with Crippen LogP contribution in [-0.4, -0.2) is 23.2 Å². The van der Waals surface area contributed by atoms with Crippen molar-refractivity contribution in [3.8, 4) is 22.5 Å². The molecule has 0 aliphatic heterocycles. The van der Waals surface area contributed by atoms with E-state index in [1.165, 1.54) is 16.5 Å². The van der Waals surface area contributed by atoms with Crippen LogP contribution in [0.15, 0.2) is 85.2 Å². The van der Waals surface area contributed by atoms with Crippen molar-refractivity contribution >= 4 is 49.2 Å². The number of fused-ring (bicyclic) bond motifs is 3. The topological polar surface area (TPSA) is 25.8 Å². The molecule has 0 N–H and O–H groups in total. The van der Waals surface area contributed by atoms with Gasteiger partial charge in [0.1, 0.15) is 5.82 Å². The Hall–Kier alpha value is -2.70. The van der Waals surface area contributed by atoms with Crippen LogP contribution in [0.25, 0.3) is 42.7 Å². The third-order valence-corrected chi connectivity index (χ3v) is 12.1. The second kappa shape index (κ2) is 13.1. The Morgan fingerprint density at radius 3 is 2.41 bits per heavy atom. The Morgan fingerprint density at radius 2 is 1.76 bits per heavy atom. The van der Waals surface area contributed by atoms with Crippen LogP contribution >= 0.6 is 11.3 Å². The van der Waals surface area contributed by atoms with Gasteiger partial charge in [-0.05, 0) is 39.9 Å². The predicted octanol–water partition coefficient (Wildman–Crippen LogP) is 9.58. The van der Waals surface area contributed by atoms with Gasteiger partial charge in [-0.3, -0.25) is 0 Å². The van der Waals surface area contributed by atoms with Gasteiger partial charge >= 0.3 is 110 Å². The SMILES string of the molecule is [2H]C(C)(C)c1ccnc(-c2[c-]ccc3c2sc2cc(F)ccc23)c1.[2H]C([2H])([2H])c1c[c-]c(-c2cc[c]([Ge]([CH3])([CH3])[CH3])cn2)cc1.[Ir]. The number of thiophene rings is 1. The summed E-state index contributed by atoms with van der Waals surface area (Å²) in [5.74, 6) is 6.07. The van der Waals surface area contributed by atoms with Crippen molar-refractivity contribution in [2.24, 2.45) is 0 Å². The summed E-state index contributed by atoms with van der Waals surface area (Å²) in [6.45, 7) is 1.64. The molecule has 0 fully saturated rings. The molecule has 41 heavy (non-hydrogen) atoms. The van der Waals surface area contributed by atoms with E-state index < -0.39 is 26.0 Å². The number of hydrogen-bond acceptors (Lipinski definition) is 3. The summed E-state index contributed by atoms with van der Waals surface area (Å²) in [5, 5.41) is 2.13. The fraction of sp³-hybridized carbons (Fsp3) is 0.200. The van der Waals surface area contributed by atoms with Crippen LogP contribution in [0.2, 0.25) is 17.3 Å². The van der Waals surface area contributed by atoms with Gasteiger partial charge in [0.05, 0.1) is 0 Å². The fourth-order valence-electron chi connectivity index (χ4n) is 4.36. The molecule has 6 aromatic rings. The van der Waals surface area contributed by atoms with E-state index >= 15 is 0 Å². The van der Waals surface area contributed by atoms with Crippen molar-refractivity contribution in [3.05, 3.63) is 114 Å². The third-order valence-electron chi connectivity index (χ3n) is 6.71. The predicted molar refractivity (Wildman–Crippen MR) is 172 cm³/mol. The van der Waals surface area contributed by atoms with Crippen LogP contribution < -0.4 is 4.40 Å². The second-order valence-corrected chi connectivity index (χ2v) is 22.6. The van der Waals surface area contributed by atoms with Gasteiger partial charge in [-0.1, -0.05) is 36.9 Å². The van der Waals surface area contributed by atoms with Gasteiger partial charge in [0, 0.05) is 32.4 Å². The van der Waals surface area contributed by atoms with Crippen molar-refractivity contribution in [2.45, 2.75) is 43.9 Å². The van der Waals surface area contributed by atoms with Crippen LogP contribution in [0.3, 0.4) is 0 Å². The summed E-state index contributed by atoms with van der Waals surface area (Å²) < 4.78 is 47.1. The van der Waals surface area contributed by atoms with Gasteiger partial charge in [-0.2, -0.15) is 11.3 Å². The summed E-state index contributed by atoms with van der Waals surface area (Å²) in [7, 11) is 0. The largest absolute Gasteiger partial charge is 0 e. The molecule has 3 aromatic heterocycles. The zero-order chi connectivity index (χ0) is 31.9. The summed E-state index contributed by atoms with van der Waals surface area (Å²) in [6, 6.07) is 27.9. The first-order valence-electron chi connectivity index (χ1n) is 15.1. The van der Waals surface area contributed by atoms with Gasteiger partial charge in [-0.15, -0.1) is 23.8 Å². The minimum Gasteiger partial charge on any atom is 0 e. The first-order chi connectivity index (χ1) is 20.6. The quantitative estimate of drug-likeness (QED) is 0.131. The number of benzene rings is 3. The molecule has 6 heteroatoms. The number of rotatable bonds is 4. The molecule has 0 aliphatic rings. The van der Waals surface area contributed by atoms with Crippen molar-refractivity contribution in [1.29, 1.82) is 0 Å². The first kappa shape index (κ1) is 26.0. The van der Waals surface area contributed by atoms with E-state index in [4.69, 9.17) is 5.48 Å². The molecule has 3 aromatic carbocycles. The Balaban J connectivity index is 0.000000204. The molecule has 0 saturated heterocycles. The molecule has 6 rings (SSSR count). The summed E-state index contributed by atoms with van der Waals surface area (Å²) in [4.78, 5) is 8.96. The van der Waals surface area contributed by atoms with Crippen LogP contribution in [0.4, 0.5) is 4.39 Å². The normalized spacial score (nSPS) is 13.3. The maximum absolute atomic E-state index is 13.5. The number of halogens is 1. The average Bonchev–Trinajstić information content (AvgIpc) is 3.34. The van der Waals surface area contributed by atoms with Gasteiger partial charge in [0.25, 0.3) is 0 Å². The minimum atomic E-state index is -2.08. The molecule has 0 aliphatic carbocycles. The van der Waals surface area contributed by atoms with E-state index in [1.807, 2.05) is 56.4 Å². The van der Waals surface area contributed by atoms with E-state index in [-0.39, 0.29) is 25.9 Å². The van der Waals surface area contributed by atoms with Gasteiger partial charge < -0.3 is 4.98 Å². The number of nitrogens with zero attached hydrogens (tertiary/aromatic N) is 2. The molecular formula is C35H33FGeIrN2S-2. The zero-order valence-electron chi connectivity index (χ0n) is 27.6. The first-order valence-corrected chi connectivity index (χ1v) is 21.3. The van der Waals surface area contributed by atoms with E-state index in [0.717, 1.165) is 48.3 Å². The van der Waals surface area contributed by atoms with E-state index in [2.05, 4.69) is 45.4 Å². The maximum atomic E-state index is 13.5. The molecular weight excluding hydrogens is 764 g/mol. The van der Waals surface area contributed by atoms with Gasteiger partial charge in [0.2, 0.25) is 0 Å². The Labute approximate surface area is 268 Å². The zero-order valence-corrected chi connectivity index (χ0v) is 28.9. The van der Waals surface area contributed by atoms with Gasteiger partial charge in [-0.25, -0.2) is 4.39 Å². The number of pyridine rings is 2. The standard InChI is InChI=1S/C20H15FNS.C15H18GeN.Ir/c1-12(2)13-8-9-22-18(10-13)17-5-3-4-16-15-7-6-14(21)11-19(15)23-20(16)17;1-12-5-7-13(8-6-12)15-10-9-14(11-17-15)16(2,3)4;/h3-4,6-12H,1-2H3;5-7,9-11H,1-4H3;/q2*-1;/i12D;1D3;. The molecule has 2 nitrogen and oxygen atoms in total. The molecule has 1 radical (unpaired) electrons. The third kappa shape index (κ3) is 7.21. The molecule has 0 amide bonds. The van der Waals surface area contributed by atoms with Crippen molar-refractivity contribution in [3.63, 3.8) is 0 Å². The average molecular weight is 802 g/mol. The van der Waals surface area contributed by atoms with E-state index in [0.29, 0.717) is 5.56 Å². The smallest absolute Gasteiger partial charge is 0 e. The van der Waals surface area contributed by atoms with Crippen LogP contribution in [0, 0.1) is 24.8 Å². The van der Waals surface area contributed by atoms with Crippen molar-refractivity contribution < 1.29 is 30.0 Å². The molecule has 0 bridgehead atoms. The van der Waals surface area contributed by atoms with Gasteiger partial charge in [0.15, 0.2) is 0 Å². The molecule has 211 valence electrons. The van der Waals surface area contributed by atoms with Crippen LogP contribution in [0.5, 0.6) is 0 Å². The van der Waals surface area contributed by atoms with E-state index in [9.17, 15) is 4.39 Å². The fourth-order valence-corrected chi connectivity index (χ4v) is 7.77. The second-order valence-electron chi connectivity index (χ2n) is 10.9. The number of hydrogen-bond donors (Lipinski definition) is 0. The monoisotopic (exact) mass is 803 g/mol. The number of aryl methyl sites for hydroxylation is 1.